The Hall–Kier alpha value is -2.08. The first-order chi connectivity index (χ1) is 9.60. The average molecular weight is 292 g/mol. The molecule has 6 heteroatoms. The Labute approximate surface area is 121 Å². The summed E-state index contributed by atoms with van der Waals surface area (Å²) in [5, 5.41) is 2.64. The van der Waals surface area contributed by atoms with Gasteiger partial charge in [0, 0.05) is 23.7 Å². The lowest BCUT2D eigenvalue weighted by Gasteiger charge is -2.07. The highest BCUT2D eigenvalue weighted by atomic mass is 32.1. The summed E-state index contributed by atoms with van der Waals surface area (Å²) in [4.78, 5) is 16.4. The summed E-state index contributed by atoms with van der Waals surface area (Å²) in [5.74, 6) is -0.609. The number of aromatic nitrogens is 1. The number of methoxy groups -OCH3 is 1. The fourth-order valence-corrected chi connectivity index (χ4v) is 1.84. The molecule has 0 aliphatic carbocycles. The molecule has 0 spiro atoms. The van der Waals surface area contributed by atoms with Gasteiger partial charge in [-0.2, -0.15) is 0 Å². The van der Waals surface area contributed by atoms with Crippen LogP contribution < -0.4 is 10.1 Å². The number of benzene rings is 1. The predicted octanol–water partition coefficient (Wildman–Crippen LogP) is 2.45. The molecule has 0 aliphatic rings. The van der Waals surface area contributed by atoms with Gasteiger partial charge in [-0.15, -0.1) is 12.6 Å². The van der Waals surface area contributed by atoms with Gasteiger partial charge in [0.15, 0.2) is 0 Å². The van der Waals surface area contributed by atoms with Crippen molar-refractivity contribution in [3.63, 3.8) is 0 Å². The second-order valence-electron chi connectivity index (χ2n) is 4.05. The van der Waals surface area contributed by atoms with Crippen LogP contribution in [0.3, 0.4) is 0 Å². The molecule has 0 saturated heterocycles. The van der Waals surface area contributed by atoms with Crippen LogP contribution in [-0.4, -0.2) is 18.0 Å². The zero-order chi connectivity index (χ0) is 14.5. The molecule has 1 amide bonds. The molecule has 1 heterocycles. The molecule has 1 N–H and O–H groups in total. The number of amides is 1. The largest absolute Gasteiger partial charge is 0.481 e. The first-order valence-electron chi connectivity index (χ1n) is 5.86. The van der Waals surface area contributed by atoms with Crippen LogP contribution in [0.15, 0.2) is 41.4 Å². The molecule has 0 unspecified atom stereocenters. The number of nitrogens with one attached hydrogen (secondary N) is 1. The number of carbonyl (C=O) groups is 1. The lowest BCUT2D eigenvalue weighted by atomic mass is 10.2. The van der Waals surface area contributed by atoms with Crippen molar-refractivity contribution in [3.8, 4) is 5.88 Å². The molecule has 2 aromatic rings. The summed E-state index contributed by atoms with van der Waals surface area (Å²) in [6, 6.07) is 7.54. The van der Waals surface area contributed by atoms with Crippen molar-refractivity contribution >= 4 is 18.5 Å². The van der Waals surface area contributed by atoms with E-state index in [1.807, 2.05) is 0 Å². The van der Waals surface area contributed by atoms with E-state index in [2.05, 4.69) is 22.9 Å². The van der Waals surface area contributed by atoms with E-state index in [-0.39, 0.29) is 12.1 Å². The van der Waals surface area contributed by atoms with Gasteiger partial charge in [0.05, 0.1) is 12.7 Å². The molecule has 0 fully saturated rings. The highest BCUT2D eigenvalue weighted by Crippen LogP contribution is 2.14. The first-order valence-corrected chi connectivity index (χ1v) is 6.30. The van der Waals surface area contributed by atoms with Crippen molar-refractivity contribution in [1.82, 2.24) is 10.3 Å². The number of nitrogens with zero attached hydrogens (tertiary/aromatic N) is 1. The molecule has 1 aromatic heterocycles. The zero-order valence-electron chi connectivity index (χ0n) is 10.8. The van der Waals surface area contributed by atoms with Gasteiger partial charge >= 0.3 is 0 Å². The minimum atomic E-state index is -0.576. The minimum absolute atomic E-state index is 0.0291. The Balaban J connectivity index is 2.06. The summed E-state index contributed by atoms with van der Waals surface area (Å²) in [6.07, 6.45) is 1.58. The summed E-state index contributed by atoms with van der Waals surface area (Å²) in [5.41, 5.74) is 0.783. The molecule has 4 nitrogen and oxygen atoms in total. The van der Waals surface area contributed by atoms with E-state index in [0.29, 0.717) is 10.8 Å². The van der Waals surface area contributed by atoms with Crippen LogP contribution in [0.5, 0.6) is 5.88 Å². The quantitative estimate of drug-likeness (QED) is 0.851. The zero-order valence-corrected chi connectivity index (χ0v) is 11.7. The van der Waals surface area contributed by atoms with Gasteiger partial charge in [0.2, 0.25) is 5.88 Å². The number of halogens is 1. The fourth-order valence-electron chi connectivity index (χ4n) is 1.64. The van der Waals surface area contributed by atoms with Crippen LogP contribution >= 0.6 is 12.6 Å². The number of thiol groups is 1. The van der Waals surface area contributed by atoms with Gasteiger partial charge in [-0.25, -0.2) is 9.37 Å². The van der Waals surface area contributed by atoms with Crippen molar-refractivity contribution in [3.05, 3.63) is 53.5 Å². The topological polar surface area (TPSA) is 51.2 Å². The molecule has 104 valence electrons. The third-order valence-corrected chi connectivity index (χ3v) is 2.93. The maximum absolute atomic E-state index is 13.5. The third-order valence-electron chi connectivity index (χ3n) is 2.66. The van der Waals surface area contributed by atoms with E-state index in [1.165, 1.54) is 25.3 Å². The van der Waals surface area contributed by atoms with E-state index >= 15 is 0 Å². The van der Waals surface area contributed by atoms with E-state index in [9.17, 15) is 9.18 Å². The fraction of sp³-hybridized carbons (Fsp3) is 0.143. The molecule has 0 saturated carbocycles. The SMILES string of the molecule is COc1cc(CNC(=O)c2cc(S)ccc2F)ccn1. The van der Waals surface area contributed by atoms with Crippen LogP contribution in [0.4, 0.5) is 4.39 Å². The van der Waals surface area contributed by atoms with E-state index in [1.54, 1.807) is 18.3 Å². The lowest BCUT2D eigenvalue weighted by Crippen LogP contribution is -2.23. The molecule has 0 radical (unpaired) electrons. The number of carbonyl (C=O) groups excluding carboxylic acids is 1. The Kier molecular flexibility index (Phi) is 4.57. The van der Waals surface area contributed by atoms with Gasteiger partial charge in [0.25, 0.3) is 5.91 Å². The molecule has 0 bridgehead atoms. The molecule has 0 aliphatic heterocycles. The van der Waals surface area contributed by atoms with Crippen LogP contribution in [0.2, 0.25) is 0 Å². The number of hydrogen-bond acceptors (Lipinski definition) is 4. The number of pyridine rings is 1. The van der Waals surface area contributed by atoms with E-state index in [4.69, 9.17) is 4.74 Å². The smallest absolute Gasteiger partial charge is 0.254 e. The summed E-state index contributed by atoms with van der Waals surface area (Å²) >= 11 is 4.09. The number of ether oxygens (including phenoxy) is 1. The number of rotatable bonds is 4. The third kappa shape index (κ3) is 3.48. The molecular weight excluding hydrogens is 279 g/mol. The molecule has 2 rings (SSSR count). The second-order valence-corrected chi connectivity index (χ2v) is 4.57. The van der Waals surface area contributed by atoms with Gasteiger partial charge in [-0.3, -0.25) is 4.79 Å². The molecular formula is C14H13FN2O2S. The van der Waals surface area contributed by atoms with Crippen LogP contribution in [0.1, 0.15) is 15.9 Å². The van der Waals surface area contributed by atoms with E-state index < -0.39 is 11.7 Å². The lowest BCUT2D eigenvalue weighted by molar-refractivity contribution is 0.0946. The van der Waals surface area contributed by atoms with Crippen molar-refractivity contribution in [2.45, 2.75) is 11.4 Å². The first kappa shape index (κ1) is 14.3. The average Bonchev–Trinajstić information content (AvgIpc) is 2.47. The Morgan fingerprint density at radius 2 is 2.20 bits per heavy atom. The minimum Gasteiger partial charge on any atom is -0.481 e. The van der Waals surface area contributed by atoms with Crippen molar-refractivity contribution in [1.29, 1.82) is 0 Å². The van der Waals surface area contributed by atoms with Gasteiger partial charge in [-0.05, 0) is 29.8 Å². The maximum atomic E-state index is 13.5. The van der Waals surface area contributed by atoms with E-state index in [0.717, 1.165) is 5.56 Å². The summed E-state index contributed by atoms with van der Waals surface area (Å²) in [7, 11) is 1.51. The van der Waals surface area contributed by atoms with Crippen molar-refractivity contribution in [2.75, 3.05) is 7.11 Å². The standard InChI is InChI=1S/C14H13FN2O2S/c1-19-13-6-9(4-5-16-13)8-17-14(18)11-7-10(20)2-3-12(11)15/h2-7,20H,8H2,1H3,(H,17,18). The summed E-state index contributed by atoms with van der Waals surface area (Å²) in [6.45, 7) is 0.258. The van der Waals surface area contributed by atoms with Crippen LogP contribution in [-0.2, 0) is 6.54 Å². The van der Waals surface area contributed by atoms with Gasteiger partial charge < -0.3 is 10.1 Å². The Morgan fingerprint density at radius 3 is 2.95 bits per heavy atom. The second kappa shape index (κ2) is 6.38. The van der Waals surface area contributed by atoms with Crippen LogP contribution in [0, 0.1) is 5.82 Å². The predicted molar refractivity (Wildman–Crippen MR) is 75.6 cm³/mol. The monoisotopic (exact) mass is 292 g/mol. The van der Waals surface area contributed by atoms with Crippen LogP contribution in [0.25, 0.3) is 0 Å². The Bertz CT molecular complexity index is 634. The maximum Gasteiger partial charge on any atom is 0.254 e. The highest BCUT2D eigenvalue weighted by Gasteiger charge is 2.11. The van der Waals surface area contributed by atoms with Gasteiger partial charge in [0.1, 0.15) is 5.82 Å². The van der Waals surface area contributed by atoms with Crippen molar-refractivity contribution < 1.29 is 13.9 Å². The Morgan fingerprint density at radius 1 is 1.40 bits per heavy atom. The van der Waals surface area contributed by atoms with Gasteiger partial charge in [-0.1, -0.05) is 0 Å². The van der Waals surface area contributed by atoms with Crippen molar-refractivity contribution in [2.24, 2.45) is 0 Å². The molecule has 1 aromatic carbocycles. The molecule has 20 heavy (non-hydrogen) atoms. The highest BCUT2D eigenvalue weighted by molar-refractivity contribution is 7.80. The summed E-state index contributed by atoms with van der Waals surface area (Å²) < 4.78 is 18.5. The molecule has 0 atom stereocenters. The number of hydrogen-bond donors (Lipinski definition) is 2. The normalized spacial score (nSPS) is 10.2.